The first kappa shape index (κ1) is 14.4. The fourth-order valence-corrected chi connectivity index (χ4v) is 3.92. The van der Waals surface area contributed by atoms with Gasteiger partial charge in [0.15, 0.2) is 0 Å². The molecule has 2 nitrogen and oxygen atoms in total. The molecular weight excluding hydrogens is 311 g/mol. The third-order valence-electron chi connectivity index (χ3n) is 3.58. The van der Waals surface area contributed by atoms with Gasteiger partial charge in [-0.25, -0.2) is 0 Å². The highest BCUT2D eigenvalue weighted by atomic mass is 35.5. The number of nitrogens with zero attached hydrogens (tertiary/aromatic N) is 1. The van der Waals surface area contributed by atoms with Gasteiger partial charge in [0, 0.05) is 41.1 Å². The van der Waals surface area contributed by atoms with Gasteiger partial charge in [-0.05, 0) is 35.2 Å². The topological polar surface area (TPSA) is 15.3 Å². The van der Waals surface area contributed by atoms with Gasteiger partial charge in [-0.2, -0.15) is 0 Å². The quantitative estimate of drug-likeness (QED) is 0.915. The van der Waals surface area contributed by atoms with Crippen LogP contribution in [0.4, 0.5) is 0 Å². The number of benzene rings is 1. The number of piperazine rings is 1. The van der Waals surface area contributed by atoms with Crippen LogP contribution in [0.15, 0.2) is 35.7 Å². The van der Waals surface area contributed by atoms with Crippen molar-refractivity contribution >= 4 is 34.5 Å². The molecule has 0 aliphatic carbocycles. The molecule has 5 heteroatoms. The Morgan fingerprint density at radius 3 is 2.65 bits per heavy atom. The van der Waals surface area contributed by atoms with Crippen LogP contribution in [0.1, 0.15) is 16.5 Å². The fourth-order valence-electron chi connectivity index (χ4n) is 2.64. The molecule has 1 saturated heterocycles. The Labute approximate surface area is 133 Å². The molecule has 20 heavy (non-hydrogen) atoms. The minimum Gasteiger partial charge on any atom is -0.314 e. The molecule has 1 aromatic carbocycles. The highest BCUT2D eigenvalue weighted by molar-refractivity contribution is 7.10. The van der Waals surface area contributed by atoms with Gasteiger partial charge >= 0.3 is 0 Å². The second-order valence-corrected chi connectivity index (χ2v) is 6.69. The second kappa shape index (κ2) is 6.46. The van der Waals surface area contributed by atoms with E-state index in [4.69, 9.17) is 23.2 Å². The number of rotatable bonds is 3. The van der Waals surface area contributed by atoms with E-state index in [1.807, 2.05) is 18.2 Å². The summed E-state index contributed by atoms with van der Waals surface area (Å²) in [4.78, 5) is 3.79. The van der Waals surface area contributed by atoms with Crippen molar-refractivity contribution in [2.75, 3.05) is 26.2 Å². The van der Waals surface area contributed by atoms with Gasteiger partial charge in [-0.15, -0.1) is 11.3 Å². The van der Waals surface area contributed by atoms with Crippen molar-refractivity contribution in [2.24, 2.45) is 0 Å². The van der Waals surface area contributed by atoms with Crippen molar-refractivity contribution in [1.82, 2.24) is 10.2 Å². The summed E-state index contributed by atoms with van der Waals surface area (Å²) in [6.07, 6.45) is 0. The standard InChI is InChI=1S/C15H16Cl2N2S/c16-11-3-4-13(17)12(10-11)15(14-2-1-9-20-14)19-7-5-18-6-8-19/h1-4,9-10,15,18H,5-8H2/t15-/m0/s1. The Morgan fingerprint density at radius 2 is 1.95 bits per heavy atom. The summed E-state index contributed by atoms with van der Waals surface area (Å²) in [5.41, 5.74) is 1.10. The maximum Gasteiger partial charge on any atom is 0.0712 e. The zero-order chi connectivity index (χ0) is 13.9. The predicted octanol–water partition coefficient (Wildman–Crippen LogP) is 4.05. The second-order valence-electron chi connectivity index (χ2n) is 4.87. The molecule has 1 aromatic heterocycles. The molecule has 0 radical (unpaired) electrons. The molecule has 2 heterocycles. The Bertz CT molecular complexity index is 565. The summed E-state index contributed by atoms with van der Waals surface area (Å²) in [6.45, 7) is 4.07. The van der Waals surface area contributed by atoms with Crippen LogP contribution in [-0.4, -0.2) is 31.1 Å². The predicted molar refractivity (Wildman–Crippen MR) is 87.1 cm³/mol. The van der Waals surface area contributed by atoms with E-state index in [9.17, 15) is 0 Å². The number of hydrogen-bond donors (Lipinski definition) is 1. The molecule has 106 valence electrons. The Balaban J connectivity index is 2.02. The van der Waals surface area contributed by atoms with Crippen LogP contribution in [0, 0.1) is 0 Å². The summed E-state index contributed by atoms with van der Waals surface area (Å²) in [6, 6.07) is 10.2. The minimum absolute atomic E-state index is 0.197. The van der Waals surface area contributed by atoms with Crippen LogP contribution in [0.2, 0.25) is 10.0 Å². The molecule has 2 aromatic rings. The SMILES string of the molecule is Clc1ccc(Cl)c([C@@H](c2cccs2)N2CCNCC2)c1. The Hall–Kier alpha value is -0.580. The Kier molecular flexibility index (Phi) is 4.64. The third-order valence-corrected chi connectivity index (χ3v) is 5.09. The highest BCUT2D eigenvalue weighted by Gasteiger charge is 2.26. The molecule has 0 saturated carbocycles. The van der Waals surface area contributed by atoms with Crippen LogP contribution in [-0.2, 0) is 0 Å². The van der Waals surface area contributed by atoms with Crippen LogP contribution in [0.5, 0.6) is 0 Å². The largest absolute Gasteiger partial charge is 0.314 e. The van der Waals surface area contributed by atoms with E-state index >= 15 is 0 Å². The van der Waals surface area contributed by atoms with Gasteiger partial charge in [0.25, 0.3) is 0 Å². The van der Waals surface area contributed by atoms with Crippen molar-refractivity contribution in [3.05, 3.63) is 56.2 Å². The molecule has 1 aliphatic rings. The average Bonchev–Trinajstić information content (AvgIpc) is 2.98. The van der Waals surface area contributed by atoms with Gasteiger partial charge in [0.1, 0.15) is 0 Å². The van der Waals surface area contributed by atoms with Crippen LogP contribution >= 0.6 is 34.5 Å². The first-order chi connectivity index (χ1) is 9.75. The maximum absolute atomic E-state index is 6.43. The lowest BCUT2D eigenvalue weighted by Gasteiger charge is -2.35. The lowest BCUT2D eigenvalue weighted by atomic mass is 10.0. The summed E-state index contributed by atoms with van der Waals surface area (Å²) < 4.78 is 0. The van der Waals surface area contributed by atoms with Gasteiger partial charge in [-0.3, -0.25) is 4.90 Å². The monoisotopic (exact) mass is 326 g/mol. The zero-order valence-electron chi connectivity index (χ0n) is 11.0. The zero-order valence-corrected chi connectivity index (χ0v) is 13.3. The van der Waals surface area contributed by atoms with E-state index in [0.717, 1.165) is 41.8 Å². The summed E-state index contributed by atoms with van der Waals surface area (Å²) >= 11 is 14.4. The smallest absolute Gasteiger partial charge is 0.0712 e. The average molecular weight is 327 g/mol. The molecule has 0 bridgehead atoms. The fraction of sp³-hybridized carbons (Fsp3) is 0.333. The minimum atomic E-state index is 0.197. The molecule has 0 unspecified atom stereocenters. The van der Waals surface area contributed by atoms with E-state index in [2.05, 4.69) is 27.7 Å². The molecule has 0 spiro atoms. The molecule has 1 aliphatic heterocycles. The maximum atomic E-state index is 6.43. The van der Waals surface area contributed by atoms with Gasteiger partial charge in [0.2, 0.25) is 0 Å². The van der Waals surface area contributed by atoms with Crippen molar-refractivity contribution < 1.29 is 0 Å². The Morgan fingerprint density at radius 1 is 1.15 bits per heavy atom. The van der Waals surface area contributed by atoms with E-state index in [-0.39, 0.29) is 6.04 Å². The first-order valence-corrected chi connectivity index (χ1v) is 8.32. The normalized spacial score (nSPS) is 18.1. The van der Waals surface area contributed by atoms with Gasteiger partial charge in [-0.1, -0.05) is 29.3 Å². The molecule has 0 amide bonds. The van der Waals surface area contributed by atoms with Crippen LogP contribution in [0.25, 0.3) is 0 Å². The number of thiophene rings is 1. The summed E-state index contributed by atoms with van der Waals surface area (Å²) in [5, 5.41) is 7.03. The summed E-state index contributed by atoms with van der Waals surface area (Å²) in [5.74, 6) is 0. The number of hydrogen-bond acceptors (Lipinski definition) is 3. The van der Waals surface area contributed by atoms with Crippen LogP contribution < -0.4 is 5.32 Å². The highest BCUT2D eigenvalue weighted by Crippen LogP contribution is 2.37. The lowest BCUT2D eigenvalue weighted by Crippen LogP contribution is -2.45. The molecule has 1 N–H and O–H groups in total. The van der Waals surface area contributed by atoms with Gasteiger partial charge < -0.3 is 5.32 Å². The number of nitrogens with one attached hydrogen (secondary N) is 1. The lowest BCUT2D eigenvalue weighted by molar-refractivity contribution is 0.201. The molecule has 3 rings (SSSR count). The van der Waals surface area contributed by atoms with E-state index < -0.39 is 0 Å². The van der Waals surface area contributed by atoms with Crippen molar-refractivity contribution in [3.8, 4) is 0 Å². The summed E-state index contributed by atoms with van der Waals surface area (Å²) in [7, 11) is 0. The van der Waals surface area contributed by atoms with Crippen molar-refractivity contribution in [1.29, 1.82) is 0 Å². The van der Waals surface area contributed by atoms with Crippen LogP contribution in [0.3, 0.4) is 0 Å². The first-order valence-electron chi connectivity index (χ1n) is 6.69. The van der Waals surface area contributed by atoms with Gasteiger partial charge in [0.05, 0.1) is 6.04 Å². The van der Waals surface area contributed by atoms with Crippen molar-refractivity contribution in [3.63, 3.8) is 0 Å². The molecular formula is C15H16Cl2N2S. The molecule has 1 fully saturated rings. The van der Waals surface area contributed by atoms with Crippen molar-refractivity contribution in [2.45, 2.75) is 6.04 Å². The number of halogens is 2. The van der Waals surface area contributed by atoms with E-state index in [1.54, 1.807) is 11.3 Å². The third kappa shape index (κ3) is 3.02. The van der Waals surface area contributed by atoms with E-state index in [1.165, 1.54) is 4.88 Å². The van der Waals surface area contributed by atoms with E-state index in [0.29, 0.717) is 0 Å². The molecule has 1 atom stereocenters.